The maximum atomic E-state index is 4.65. The first kappa shape index (κ1) is 15.8. The Morgan fingerprint density at radius 1 is 0.840 bits per heavy atom. The van der Waals surface area contributed by atoms with Gasteiger partial charge in [-0.3, -0.25) is 0 Å². The molecule has 0 saturated heterocycles. The Hall–Kier alpha value is -2.75. The molecule has 0 spiro atoms. The zero-order valence-corrected chi connectivity index (χ0v) is 14.4. The third-order valence-electron chi connectivity index (χ3n) is 4.18. The third-order valence-corrected chi connectivity index (χ3v) is 4.18. The Labute approximate surface area is 156 Å². The van der Waals surface area contributed by atoms with Crippen LogP contribution in [-0.2, 0) is 17.1 Å². The molecule has 8 bridgehead atoms. The van der Waals surface area contributed by atoms with E-state index in [1.165, 1.54) is 0 Å². The van der Waals surface area contributed by atoms with Gasteiger partial charge in [0, 0.05) is 39.2 Å². The van der Waals surface area contributed by atoms with Crippen LogP contribution in [0.15, 0.2) is 81.7 Å². The summed E-state index contributed by atoms with van der Waals surface area (Å²) in [5, 5.41) is 5.50. The number of hydrogen-bond donors (Lipinski definition) is 2. The molecule has 4 aliphatic rings. The predicted octanol–water partition coefficient (Wildman–Crippen LogP) is 1.79. The number of nitrogens with zero attached hydrogens (tertiary/aromatic N) is 2. The van der Waals surface area contributed by atoms with Crippen LogP contribution in [0, 0.1) is 6.04 Å². The van der Waals surface area contributed by atoms with Crippen LogP contribution in [0.3, 0.4) is 0 Å². The molecule has 25 heavy (non-hydrogen) atoms. The van der Waals surface area contributed by atoms with Gasteiger partial charge in [-0.1, -0.05) is 24.3 Å². The number of nitrogens with one attached hydrogen (secondary N) is 2. The number of aliphatic imine (C=N–C) groups is 2. The molecule has 0 unspecified atom stereocenters. The normalized spacial score (nSPS) is 19.7. The van der Waals surface area contributed by atoms with Gasteiger partial charge in [0.15, 0.2) is 0 Å². The van der Waals surface area contributed by atoms with E-state index in [0.29, 0.717) is 0 Å². The summed E-state index contributed by atoms with van der Waals surface area (Å²) in [6.45, 7) is 0. The molecule has 4 aliphatic heterocycles. The third kappa shape index (κ3) is 3.25. The predicted molar refractivity (Wildman–Crippen MR) is 97.4 cm³/mol. The molecular weight excluding hydrogens is 352 g/mol. The standard InChI is InChI=1S/C20H15N4.Fe/c1-2-14-10-16-5-6-18(23-16)12-20-8-7-19(24-20)11-17-4-3-15(22-17)9-13(1)21-14;/h1-7,9-12,21,24H,8H2;/q-1;. The fourth-order valence-electron chi connectivity index (χ4n) is 3.06. The van der Waals surface area contributed by atoms with E-state index in [-0.39, 0.29) is 17.1 Å². The first-order valence-electron chi connectivity index (χ1n) is 7.99. The van der Waals surface area contributed by atoms with Crippen molar-refractivity contribution in [1.82, 2.24) is 10.3 Å². The minimum absolute atomic E-state index is 0. The average Bonchev–Trinajstić information content (AvgIpc) is 3.32. The molecule has 0 atom stereocenters. The van der Waals surface area contributed by atoms with Gasteiger partial charge in [0.25, 0.3) is 0 Å². The molecule has 0 radical (unpaired) electrons. The van der Waals surface area contributed by atoms with Crippen LogP contribution in [0.4, 0.5) is 0 Å². The number of rotatable bonds is 0. The van der Waals surface area contributed by atoms with Gasteiger partial charge in [-0.2, -0.15) is 6.08 Å². The molecule has 1 aromatic rings. The van der Waals surface area contributed by atoms with Gasteiger partial charge in [-0.25, -0.2) is 4.99 Å². The zero-order chi connectivity index (χ0) is 15.9. The molecule has 0 fully saturated rings. The van der Waals surface area contributed by atoms with E-state index in [4.69, 9.17) is 0 Å². The van der Waals surface area contributed by atoms with Crippen LogP contribution < -0.4 is 16.0 Å². The minimum atomic E-state index is 0. The Bertz CT molecular complexity index is 1060. The molecule has 0 amide bonds. The van der Waals surface area contributed by atoms with Crippen molar-refractivity contribution in [2.45, 2.75) is 6.42 Å². The Balaban J connectivity index is 0.00000157. The second-order valence-corrected chi connectivity index (χ2v) is 6.05. The molecule has 4 nitrogen and oxygen atoms in total. The van der Waals surface area contributed by atoms with Crippen molar-refractivity contribution in [3.63, 3.8) is 0 Å². The van der Waals surface area contributed by atoms with Crippen molar-refractivity contribution in [3.05, 3.63) is 88.5 Å². The molecular formula is C20H15FeN4-. The summed E-state index contributed by atoms with van der Waals surface area (Å²) in [7, 11) is 0. The molecule has 0 saturated carbocycles. The van der Waals surface area contributed by atoms with Crippen LogP contribution in [-0.4, -0.2) is 16.4 Å². The van der Waals surface area contributed by atoms with E-state index in [1.807, 2.05) is 30.4 Å². The van der Waals surface area contributed by atoms with Gasteiger partial charge < -0.3 is 15.3 Å². The van der Waals surface area contributed by atoms with Gasteiger partial charge in [-0.05, 0) is 42.5 Å². The topological polar surface area (TPSA) is 52.5 Å². The van der Waals surface area contributed by atoms with E-state index in [0.717, 1.165) is 51.7 Å². The van der Waals surface area contributed by atoms with Crippen molar-refractivity contribution in [1.29, 1.82) is 0 Å². The second-order valence-electron chi connectivity index (χ2n) is 6.05. The van der Waals surface area contributed by atoms with E-state index in [9.17, 15) is 0 Å². The molecule has 0 aliphatic carbocycles. The zero-order valence-electron chi connectivity index (χ0n) is 13.3. The summed E-state index contributed by atoms with van der Waals surface area (Å²) < 4.78 is 0. The average molecular weight is 367 g/mol. The summed E-state index contributed by atoms with van der Waals surface area (Å²) in [5.74, 6) is 0. The smallest absolute Gasteiger partial charge is 0.0658 e. The van der Waals surface area contributed by atoms with Gasteiger partial charge in [0.1, 0.15) is 0 Å². The van der Waals surface area contributed by atoms with E-state index in [2.05, 4.69) is 56.7 Å². The van der Waals surface area contributed by atoms with E-state index >= 15 is 0 Å². The molecule has 5 heteroatoms. The van der Waals surface area contributed by atoms with E-state index in [1.54, 1.807) is 0 Å². The monoisotopic (exact) mass is 367 g/mol. The Morgan fingerprint density at radius 3 is 2.28 bits per heavy atom. The van der Waals surface area contributed by atoms with Crippen molar-refractivity contribution in [2.24, 2.45) is 9.98 Å². The quantitative estimate of drug-likeness (QED) is 0.533. The minimum Gasteiger partial charge on any atom is -0.437 e. The first-order valence-corrected chi connectivity index (χ1v) is 7.99. The van der Waals surface area contributed by atoms with Crippen LogP contribution in [0.5, 0.6) is 0 Å². The molecule has 124 valence electrons. The maximum absolute atomic E-state index is 4.65. The van der Waals surface area contributed by atoms with Crippen LogP contribution in [0.2, 0.25) is 0 Å². The molecule has 1 aromatic heterocycles. The Morgan fingerprint density at radius 2 is 1.52 bits per heavy atom. The fraction of sp³-hybridized carbons (Fsp3) is 0.0500. The van der Waals surface area contributed by atoms with Crippen molar-refractivity contribution in [3.8, 4) is 0 Å². The molecule has 5 rings (SSSR count). The van der Waals surface area contributed by atoms with E-state index < -0.39 is 0 Å². The number of allylic oxidation sites excluding steroid dienone is 5. The van der Waals surface area contributed by atoms with Gasteiger partial charge >= 0.3 is 0 Å². The number of fused-ring (bicyclic) bond motifs is 6. The maximum Gasteiger partial charge on any atom is 0.0658 e. The summed E-state index contributed by atoms with van der Waals surface area (Å²) in [4.78, 5) is 12.7. The first-order chi connectivity index (χ1) is 11.8. The van der Waals surface area contributed by atoms with Gasteiger partial charge in [0.2, 0.25) is 0 Å². The summed E-state index contributed by atoms with van der Waals surface area (Å²) >= 11 is 0. The second kappa shape index (κ2) is 6.28. The molecule has 5 heterocycles. The van der Waals surface area contributed by atoms with Crippen molar-refractivity contribution < 1.29 is 17.1 Å². The van der Waals surface area contributed by atoms with Crippen molar-refractivity contribution in [2.75, 3.05) is 0 Å². The van der Waals surface area contributed by atoms with Crippen LogP contribution in [0.1, 0.15) is 6.42 Å². The van der Waals surface area contributed by atoms with Crippen LogP contribution >= 0.6 is 0 Å². The molecule has 2 N–H and O–H groups in total. The number of H-pyrrole nitrogens is 1. The SMILES string of the molecule is C1=CC2=NC1=CC1=CC[C-](C=C3C=CC(=N3)C=c3ccc([nH]3)=C2)N1.[Fe]. The summed E-state index contributed by atoms with van der Waals surface area (Å²) in [5.41, 5.74) is 4.91. The van der Waals surface area contributed by atoms with Crippen molar-refractivity contribution >= 4 is 23.6 Å². The molecule has 0 aromatic carbocycles. The number of hydrogen-bond acceptors (Lipinski definition) is 3. The number of aromatic amines is 1. The fourth-order valence-corrected chi connectivity index (χ4v) is 3.06. The van der Waals surface area contributed by atoms with Crippen LogP contribution in [0.25, 0.3) is 12.2 Å². The summed E-state index contributed by atoms with van der Waals surface area (Å²) in [6, 6.07) is 5.26. The Kier molecular flexibility index (Phi) is 3.96. The van der Waals surface area contributed by atoms with Gasteiger partial charge in [-0.15, -0.1) is 12.1 Å². The summed E-state index contributed by atoms with van der Waals surface area (Å²) in [6.07, 6.45) is 19.5. The van der Waals surface area contributed by atoms with Gasteiger partial charge in [0.05, 0.1) is 11.4 Å². The largest absolute Gasteiger partial charge is 0.437 e. The number of aromatic nitrogens is 1.